The molecular weight excluding hydrogens is 203 g/mol. The molecule has 0 bridgehead atoms. The molecule has 0 aromatic heterocycles. The molecule has 1 nitrogen and oxygen atoms in total. The van der Waals surface area contributed by atoms with Gasteiger partial charge in [-0.05, 0) is 0 Å². The first-order chi connectivity index (χ1) is 3.71. The molecule has 0 radical (unpaired) electrons. The minimum absolute atomic E-state index is 2.72. The molecule has 0 aliphatic carbocycles. The van der Waals surface area contributed by atoms with Crippen LogP contribution in [-0.2, 0) is 4.74 Å². The first-order valence-electron chi connectivity index (χ1n) is 1.54. The SMILES string of the molecule is FC(F)(F)OC(Cl)(Cl)Cl. The third kappa shape index (κ3) is 8.62. The Morgan fingerprint density at radius 3 is 1.33 bits per heavy atom. The molecule has 7 heteroatoms. The zero-order valence-electron chi connectivity index (χ0n) is 3.68. The van der Waals surface area contributed by atoms with E-state index in [0.29, 0.717) is 0 Å². The van der Waals surface area contributed by atoms with Gasteiger partial charge in [-0.3, -0.25) is 0 Å². The van der Waals surface area contributed by atoms with E-state index in [0.717, 1.165) is 0 Å². The van der Waals surface area contributed by atoms with Crippen molar-refractivity contribution in [1.29, 1.82) is 0 Å². The zero-order valence-corrected chi connectivity index (χ0v) is 5.94. The van der Waals surface area contributed by atoms with E-state index in [-0.39, 0.29) is 0 Å². The van der Waals surface area contributed by atoms with Crippen LogP contribution in [0.25, 0.3) is 0 Å². The predicted octanol–water partition coefficient (Wildman–Crippen LogP) is 2.85. The van der Waals surface area contributed by atoms with E-state index >= 15 is 0 Å². The quantitative estimate of drug-likeness (QED) is 0.550. The average molecular weight is 203 g/mol. The van der Waals surface area contributed by atoms with Gasteiger partial charge in [-0.25, -0.2) is 4.74 Å². The molecule has 0 saturated carbocycles. The first-order valence-corrected chi connectivity index (χ1v) is 2.68. The van der Waals surface area contributed by atoms with E-state index < -0.39 is 10.3 Å². The van der Waals surface area contributed by atoms with E-state index in [1.54, 1.807) is 0 Å². The first kappa shape index (κ1) is 9.62. The number of ether oxygens (including phenoxy) is 1. The van der Waals surface area contributed by atoms with Crippen molar-refractivity contribution >= 4 is 34.8 Å². The molecule has 0 aliphatic rings. The largest absolute Gasteiger partial charge is 0.526 e. The lowest BCUT2D eigenvalue weighted by Gasteiger charge is -2.13. The van der Waals surface area contributed by atoms with E-state index in [1.165, 1.54) is 0 Å². The van der Waals surface area contributed by atoms with Gasteiger partial charge in [-0.1, -0.05) is 34.8 Å². The Morgan fingerprint density at radius 1 is 1.00 bits per heavy atom. The van der Waals surface area contributed by atoms with Crippen LogP contribution in [0.1, 0.15) is 0 Å². The molecule has 0 aromatic carbocycles. The van der Waals surface area contributed by atoms with Crippen LogP contribution in [0, 0.1) is 0 Å². The number of alkyl halides is 6. The Bertz CT molecular complexity index is 82.2. The number of rotatable bonds is 0. The highest BCUT2D eigenvalue weighted by molar-refractivity contribution is 6.66. The summed E-state index contributed by atoms with van der Waals surface area (Å²) in [5.74, 6) is 0. The summed E-state index contributed by atoms with van der Waals surface area (Å²) in [6, 6.07) is 0. The highest BCUT2D eigenvalue weighted by Crippen LogP contribution is 2.34. The van der Waals surface area contributed by atoms with Gasteiger partial charge in [0, 0.05) is 0 Å². The van der Waals surface area contributed by atoms with E-state index in [1.807, 2.05) is 0 Å². The van der Waals surface area contributed by atoms with Crippen molar-refractivity contribution in [2.24, 2.45) is 0 Å². The summed E-state index contributed by atoms with van der Waals surface area (Å²) in [4.78, 5) is 0. The van der Waals surface area contributed by atoms with E-state index in [4.69, 9.17) is 0 Å². The van der Waals surface area contributed by atoms with Crippen molar-refractivity contribution in [1.82, 2.24) is 0 Å². The molecule has 0 unspecified atom stereocenters. The number of hydrogen-bond donors (Lipinski definition) is 0. The zero-order chi connectivity index (χ0) is 7.71. The second-order valence-corrected chi connectivity index (χ2v) is 3.17. The van der Waals surface area contributed by atoms with Crippen molar-refractivity contribution in [3.8, 4) is 0 Å². The molecule has 0 spiro atoms. The molecule has 0 atom stereocenters. The maximum absolute atomic E-state index is 11.1. The molecule has 0 amide bonds. The highest BCUT2D eigenvalue weighted by Gasteiger charge is 2.39. The van der Waals surface area contributed by atoms with Crippen molar-refractivity contribution in [2.45, 2.75) is 10.3 Å². The molecule has 0 N–H and O–H groups in total. The van der Waals surface area contributed by atoms with Crippen LogP contribution >= 0.6 is 34.8 Å². The van der Waals surface area contributed by atoms with Crippen LogP contribution in [0.3, 0.4) is 0 Å². The Labute approximate surface area is 63.6 Å². The fraction of sp³-hybridized carbons (Fsp3) is 1.00. The van der Waals surface area contributed by atoms with Gasteiger partial charge < -0.3 is 0 Å². The summed E-state index contributed by atoms with van der Waals surface area (Å²) >= 11 is 13.8. The smallest absolute Gasteiger partial charge is 0.240 e. The van der Waals surface area contributed by atoms with Crippen LogP contribution in [0.15, 0.2) is 0 Å². The standard InChI is InChI=1S/C2Cl3F3O/c3-1(4,5)9-2(6,7)8. The fourth-order valence-electron chi connectivity index (χ4n) is 0.131. The van der Waals surface area contributed by atoms with Crippen LogP contribution < -0.4 is 0 Å². The molecule has 0 rings (SSSR count). The Hall–Kier alpha value is 0.620. The van der Waals surface area contributed by atoms with Gasteiger partial charge in [0.15, 0.2) is 0 Å². The molecule has 56 valence electrons. The van der Waals surface area contributed by atoms with Gasteiger partial charge in [0.25, 0.3) is 0 Å². The maximum Gasteiger partial charge on any atom is 0.526 e. The molecule has 0 aromatic rings. The third-order valence-corrected chi connectivity index (χ3v) is 0.463. The topological polar surface area (TPSA) is 9.23 Å². The molecule has 0 aliphatic heterocycles. The Morgan fingerprint density at radius 2 is 1.33 bits per heavy atom. The lowest BCUT2D eigenvalue weighted by atomic mass is 11.3. The molecule has 0 fully saturated rings. The van der Waals surface area contributed by atoms with E-state index in [2.05, 4.69) is 39.5 Å². The van der Waals surface area contributed by atoms with Gasteiger partial charge in [0.2, 0.25) is 0 Å². The van der Waals surface area contributed by atoms with Crippen molar-refractivity contribution in [2.75, 3.05) is 0 Å². The molecule has 0 heterocycles. The summed E-state index contributed by atoms with van der Waals surface area (Å²) in [6.45, 7) is 0. The minimum atomic E-state index is -4.91. The van der Waals surface area contributed by atoms with Gasteiger partial charge in [-0.2, -0.15) is 0 Å². The molecular formula is C2Cl3F3O. The average Bonchev–Trinajstić information content (AvgIpc) is 1.14. The van der Waals surface area contributed by atoms with Crippen LogP contribution in [0.4, 0.5) is 13.2 Å². The van der Waals surface area contributed by atoms with E-state index in [9.17, 15) is 13.2 Å². The van der Waals surface area contributed by atoms with Crippen LogP contribution in [0.5, 0.6) is 0 Å². The van der Waals surface area contributed by atoms with Gasteiger partial charge in [-0.15, -0.1) is 13.2 Å². The van der Waals surface area contributed by atoms with Crippen LogP contribution in [-0.4, -0.2) is 10.3 Å². The van der Waals surface area contributed by atoms with Crippen molar-refractivity contribution < 1.29 is 17.9 Å². The second kappa shape index (κ2) is 2.70. The molecule has 0 saturated heterocycles. The maximum atomic E-state index is 11.1. The van der Waals surface area contributed by atoms with Gasteiger partial charge in [0.05, 0.1) is 0 Å². The van der Waals surface area contributed by atoms with Gasteiger partial charge >= 0.3 is 10.3 Å². The Balaban J connectivity index is 3.75. The van der Waals surface area contributed by atoms with Crippen molar-refractivity contribution in [3.63, 3.8) is 0 Å². The monoisotopic (exact) mass is 202 g/mol. The fourth-order valence-corrected chi connectivity index (χ4v) is 0.394. The summed E-state index contributed by atoms with van der Waals surface area (Å²) in [5.41, 5.74) is 0. The third-order valence-electron chi connectivity index (χ3n) is 0.231. The number of hydrogen-bond acceptors (Lipinski definition) is 1. The number of halogens is 6. The highest BCUT2D eigenvalue weighted by atomic mass is 35.6. The normalized spacial score (nSPS) is 14.0. The lowest BCUT2D eigenvalue weighted by molar-refractivity contribution is -0.328. The summed E-state index contributed by atoms with van der Waals surface area (Å²) in [5, 5.41) is 0. The van der Waals surface area contributed by atoms with Gasteiger partial charge in [0.1, 0.15) is 0 Å². The Kier molecular flexibility index (Phi) is 2.88. The van der Waals surface area contributed by atoms with Crippen molar-refractivity contribution in [3.05, 3.63) is 0 Å². The predicted molar refractivity (Wildman–Crippen MR) is 27.4 cm³/mol. The lowest BCUT2D eigenvalue weighted by Crippen LogP contribution is -2.22. The summed E-state index contributed by atoms with van der Waals surface area (Å²) < 4.78 is 33.4. The minimum Gasteiger partial charge on any atom is -0.240 e. The second-order valence-electron chi connectivity index (χ2n) is 0.994. The summed E-state index contributed by atoms with van der Waals surface area (Å²) in [7, 11) is 0. The molecule has 9 heavy (non-hydrogen) atoms. The summed E-state index contributed by atoms with van der Waals surface area (Å²) in [6.07, 6.45) is -4.91. The van der Waals surface area contributed by atoms with Crippen LogP contribution in [0.2, 0.25) is 0 Å².